The summed E-state index contributed by atoms with van der Waals surface area (Å²) in [6, 6.07) is 18.8. The van der Waals surface area contributed by atoms with Gasteiger partial charge in [-0.25, -0.2) is 4.98 Å². The Balaban J connectivity index is 1.87. The van der Waals surface area contributed by atoms with Gasteiger partial charge in [-0.3, -0.25) is 14.2 Å². The fourth-order valence-corrected chi connectivity index (χ4v) is 4.82. The Labute approximate surface area is 198 Å². The van der Waals surface area contributed by atoms with Crippen LogP contribution >= 0.6 is 11.3 Å². The van der Waals surface area contributed by atoms with Crippen molar-refractivity contribution in [1.29, 1.82) is 0 Å². The molecule has 4 rings (SSSR count). The number of hydrogen-bond acceptors (Lipinski definition) is 4. The van der Waals surface area contributed by atoms with E-state index in [4.69, 9.17) is 4.98 Å². The van der Waals surface area contributed by atoms with Gasteiger partial charge in [-0.15, -0.1) is 11.3 Å². The van der Waals surface area contributed by atoms with E-state index >= 15 is 0 Å². The Morgan fingerprint density at radius 2 is 1.85 bits per heavy atom. The number of amides is 1. The smallest absolute Gasteiger partial charge is 0.266 e. The maximum atomic E-state index is 13.7. The molecule has 1 unspecified atom stereocenters. The first-order valence-corrected chi connectivity index (χ1v) is 12.1. The molecule has 2 aromatic carbocycles. The average Bonchev–Trinajstić information content (AvgIpc) is 3.29. The van der Waals surface area contributed by atoms with Crippen LogP contribution in [0.1, 0.15) is 43.1 Å². The normalized spacial score (nSPS) is 12.3. The van der Waals surface area contributed by atoms with Gasteiger partial charge >= 0.3 is 0 Å². The van der Waals surface area contributed by atoms with Crippen LogP contribution in [0.15, 0.2) is 70.8 Å². The Bertz CT molecular complexity index is 1320. The van der Waals surface area contributed by atoms with Gasteiger partial charge in [-0.05, 0) is 61.0 Å². The summed E-state index contributed by atoms with van der Waals surface area (Å²) < 4.78 is 1.67. The predicted octanol–water partition coefficient (Wildman–Crippen LogP) is 5.54. The molecule has 2 aromatic heterocycles. The highest BCUT2D eigenvalue weighted by molar-refractivity contribution is 7.10. The molecule has 0 saturated carbocycles. The summed E-state index contributed by atoms with van der Waals surface area (Å²) in [5.41, 5.74) is 2.33. The molecule has 1 atom stereocenters. The third-order valence-corrected chi connectivity index (χ3v) is 6.57. The monoisotopic (exact) mass is 459 g/mol. The zero-order valence-corrected chi connectivity index (χ0v) is 20.3. The van der Waals surface area contributed by atoms with Crippen LogP contribution in [0.2, 0.25) is 0 Å². The van der Waals surface area contributed by atoms with Crippen molar-refractivity contribution in [2.45, 2.75) is 40.2 Å². The molecule has 0 aliphatic rings. The molecular formula is C27H29N3O2S. The van der Waals surface area contributed by atoms with Gasteiger partial charge in [0, 0.05) is 11.4 Å². The van der Waals surface area contributed by atoms with Crippen LogP contribution in [-0.2, 0) is 11.2 Å². The summed E-state index contributed by atoms with van der Waals surface area (Å²) in [5, 5.41) is 2.55. The third-order valence-electron chi connectivity index (χ3n) is 5.69. The molecule has 170 valence electrons. The van der Waals surface area contributed by atoms with E-state index in [-0.39, 0.29) is 23.4 Å². The minimum absolute atomic E-state index is 0.0387. The van der Waals surface area contributed by atoms with Crippen LogP contribution in [-0.4, -0.2) is 26.9 Å². The van der Waals surface area contributed by atoms with E-state index < -0.39 is 0 Å². The van der Waals surface area contributed by atoms with Crippen LogP contribution in [0.3, 0.4) is 0 Å². The van der Waals surface area contributed by atoms with Gasteiger partial charge < -0.3 is 4.90 Å². The topological polar surface area (TPSA) is 55.2 Å². The molecule has 4 aromatic rings. The first-order valence-electron chi connectivity index (χ1n) is 11.3. The predicted molar refractivity (Wildman–Crippen MR) is 135 cm³/mol. The van der Waals surface area contributed by atoms with Gasteiger partial charge in [0.1, 0.15) is 5.82 Å². The number of thiophene rings is 1. The number of carbonyl (C=O) groups is 1. The highest BCUT2D eigenvalue weighted by Crippen LogP contribution is 2.25. The van der Waals surface area contributed by atoms with Crippen molar-refractivity contribution >= 4 is 28.1 Å². The van der Waals surface area contributed by atoms with Gasteiger partial charge in [0.15, 0.2) is 0 Å². The van der Waals surface area contributed by atoms with E-state index in [0.29, 0.717) is 29.7 Å². The van der Waals surface area contributed by atoms with Crippen LogP contribution in [0.4, 0.5) is 0 Å². The Kier molecular flexibility index (Phi) is 6.75. The second-order valence-electron chi connectivity index (χ2n) is 8.84. The average molecular weight is 460 g/mol. The molecule has 0 aliphatic carbocycles. The quantitative estimate of drug-likeness (QED) is 0.364. The summed E-state index contributed by atoms with van der Waals surface area (Å²) >= 11 is 1.58. The van der Waals surface area contributed by atoms with Gasteiger partial charge in [-0.2, -0.15) is 0 Å². The molecule has 0 aliphatic heterocycles. The molecule has 33 heavy (non-hydrogen) atoms. The van der Waals surface area contributed by atoms with Gasteiger partial charge in [0.2, 0.25) is 5.91 Å². The van der Waals surface area contributed by atoms with Crippen molar-refractivity contribution in [3.63, 3.8) is 0 Å². The maximum absolute atomic E-state index is 13.7. The molecular weight excluding hydrogens is 430 g/mol. The number of aromatic nitrogens is 2. The summed E-state index contributed by atoms with van der Waals surface area (Å²) in [7, 11) is 0. The largest absolute Gasteiger partial charge is 0.332 e. The summed E-state index contributed by atoms with van der Waals surface area (Å²) in [6.45, 7) is 8.75. The van der Waals surface area contributed by atoms with Crippen LogP contribution < -0.4 is 5.56 Å². The standard InChI is InChI=1S/C27H29N3O2S/c1-18(2)17-29(25(31)16-22-11-8-14-33-22)20(4)26-28-24-13-6-5-12-23(24)27(32)30(26)21-10-7-9-19(3)15-21/h5-15,18,20H,16-17H2,1-4H3. The molecule has 1 amide bonds. The lowest BCUT2D eigenvalue weighted by Crippen LogP contribution is -2.40. The number of benzene rings is 2. The zero-order chi connectivity index (χ0) is 23.5. The minimum atomic E-state index is -0.377. The number of fused-ring (bicyclic) bond motifs is 1. The van der Waals surface area contributed by atoms with E-state index in [2.05, 4.69) is 13.8 Å². The number of para-hydroxylation sites is 1. The molecule has 0 fully saturated rings. The Hall–Kier alpha value is -3.25. The fraction of sp³-hybridized carbons (Fsp3) is 0.296. The number of carbonyl (C=O) groups excluding carboxylic acids is 1. The maximum Gasteiger partial charge on any atom is 0.266 e. The van der Waals surface area contributed by atoms with Gasteiger partial charge in [0.05, 0.1) is 29.1 Å². The van der Waals surface area contributed by atoms with Gasteiger partial charge in [-0.1, -0.05) is 44.2 Å². The van der Waals surface area contributed by atoms with E-state index in [0.717, 1.165) is 16.1 Å². The molecule has 0 spiro atoms. The van der Waals surface area contributed by atoms with Crippen molar-refractivity contribution < 1.29 is 4.79 Å². The SMILES string of the molecule is Cc1cccc(-n2c(C(C)N(CC(C)C)C(=O)Cc3cccs3)nc3ccccc3c2=O)c1. The van der Waals surface area contributed by atoms with Gasteiger partial charge in [0.25, 0.3) is 5.56 Å². The van der Waals surface area contributed by atoms with Crippen molar-refractivity contribution in [1.82, 2.24) is 14.5 Å². The number of nitrogens with zero attached hydrogens (tertiary/aromatic N) is 3. The summed E-state index contributed by atoms with van der Waals surface area (Å²) in [4.78, 5) is 34.9. The van der Waals surface area contributed by atoms with Crippen LogP contribution in [0.25, 0.3) is 16.6 Å². The van der Waals surface area contributed by atoms with E-state index in [1.165, 1.54) is 0 Å². The first kappa shape index (κ1) is 22.9. The van der Waals surface area contributed by atoms with Crippen molar-refractivity contribution in [3.8, 4) is 5.69 Å². The van der Waals surface area contributed by atoms with E-state index in [1.807, 2.05) is 78.7 Å². The lowest BCUT2D eigenvalue weighted by Gasteiger charge is -2.32. The van der Waals surface area contributed by atoms with Crippen molar-refractivity contribution in [2.75, 3.05) is 6.54 Å². The number of aryl methyl sites for hydroxylation is 1. The zero-order valence-electron chi connectivity index (χ0n) is 19.5. The lowest BCUT2D eigenvalue weighted by atomic mass is 10.1. The highest BCUT2D eigenvalue weighted by Gasteiger charge is 2.27. The highest BCUT2D eigenvalue weighted by atomic mass is 32.1. The lowest BCUT2D eigenvalue weighted by molar-refractivity contribution is -0.133. The van der Waals surface area contributed by atoms with E-state index in [1.54, 1.807) is 22.0 Å². The Morgan fingerprint density at radius 1 is 1.06 bits per heavy atom. The van der Waals surface area contributed by atoms with Crippen molar-refractivity contribution in [2.24, 2.45) is 5.92 Å². The summed E-state index contributed by atoms with van der Waals surface area (Å²) in [6.07, 6.45) is 0.344. The molecule has 0 N–H and O–H groups in total. The third kappa shape index (κ3) is 4.91. The molecule has 2 heterocycles. The van der Waals surface area contributed by atoms with Crippen LogP contribution in [0, 0.1) is 12.8 Å². The van der Waals surface area contributed by atoms with Crippen molar-refractivity contribution in [3.05, 3.63) is 92.7 Å². The number of hydrogen-bond donors (Lipinski definition) is 0. The van der Waals surface area contributed by atoms with Crippen LogP contribution in [0.5, 0.6) is 0 Å². The number of rotatable bonds is 7. The molecule has 6 heteroatoms. The molecule has 0 bridgehead atoms. The van der Waals surface area contributed by atoms with E-state index in [9.17, 15) is 9.59 Å². The first-order chi connectivity index (χ1) is 15.8. The second-order valence-corrected chi connectivity index (χ2v) is 9.87. The minimum Gasteiger partial charge on any atom is -0.332 e. The fourth-order valence-electron chi connectivity index (χ4n) is 4.12. The second kappa shape index (κ2) is 9.71. The molecule has 0 radical (unpaired) electrons. The summed E-state index contributed by atoms with van der Waals surface area (Å²) in [5.74, 6) is 0.890. The molecule has 5 nitrogen and oxygen atoms in total. The molecule has 0 saturated heterocycles. The Morgan fingerprint density at radius 3 is 2.55 bits per heavy atom.